The molecular weight excluding hydrogens is 258 g/mol. The summed E-state index contributed by atoms with van der Waals surface area (Å²) < 4.78 is 26.4. The van der Waals surface area contributed by atoms with E-state index in [1.807, 2.05) is 6.92 Å². The van der Waals surface area contributed by atoms with Crippen LogP contribution in [0, 0.1) is 5.92 Å². The fourth-order valence-electron chi connectivity index (χ4n) is 1.82. The largest absolute Gasteiger partial charge is 0.391 e. The molecule has 96 valence electrons. The Morgan fingerprint density at radius 2 is 2.18 bits per heavy atom. The average Bonchev–Trinajstić information content (AvgIpc) is 3.04. The van der Waals surface area contributed by atoms with Gasteiger partial charge in [-0.3, -0.25) is 0 Å². The van der Waals surface area contributed by atoms with Crippen LogP contribution < -0.4 is 0 Å². The Kier molecular flexibility index (Phi) is 3.58. The van der Waals surface area contributed by atoms with Crippen LogP contribution in [-0.4, -0.2) is 30.9 Å². The molecule has 0 radical (unpaired) electrons. The Bertz CT molecular complexity index is 491. The van der Waals surface area contributed by atoms with Gasteiger partial charge in [-0.05, 0) is 37.8 Å². The van der Waals surface area contributed by atoms with E-state index >= 15 is 0 Å². The Balaban J connectivity index is 2.22. The number of aliphatic hydroxyl groups is 1. The van der Waals surface area contributed by atoms with Gasteiger partial charge >= 0.3 is 0 Å². The number of hydrogen-bond donors (Lipinski definition) is 1. The summed E-state index contributed by atoms with van der Waals surface area (Å²) in [5, 5.41) is 8.96. The van der Waals surface area contributed by atoms with Crippen molar-refractivity contribution in [1.82, 2.24) is 4.31 Å². The minimum atomic E-state index is -3.39. The monoisotopic (exact) mass is 275 g/mol. The molecule has 17 heavy (non-hydrogen) atoms. The van der Waals surface area contributed by atoms with E-state index in [2.05, 4.69) is 0 Å². The average molecular weight is 275 g/mol. The zero-order chi connectivity index (χ0) is 12.6. The molecule has 1 saturated carbocycles. The zero-order valence-corrected chi connectivity index (χ0v) is 11.6. The lowest BCUT2D eigenvalue weighted by Crippen LogP contribution is -2.36. The van der Waals surface area contributed by atoms with E-state index in [4.69, 9.17) is 5.11 Å². The fraction of sp³-hybridized carbons (Fsp3) is 0.636. The lowest BCUT2D eigenvalue weighted by molar-refractivity contribution is 0.285. The second-order valence-corrected chi connectivity index (χ2v) is 7.87. The maximum Gasteiger partial charge on any atom is 0.252 e. The van der Waals surface area contributed by atoms with Gasteiger partial charge in [0.25, 0.3) is 10.0 Å². The summed E-state index contributed by atoms with van der Waals surface area (Å²) in [7, 11) is -1.76. The Morgan fingerprint density at radius 1 is 1.53 bits per heavy atom. The van der Waals surface area contributed by atoms with Gasteiger partial charge in [-0.15, -0.1) is 11.3 Å². The quantitative estimate of drug-likeness (QED) is 0.889. The summed E-state index contributed by atoms with van der Waals surface area (Å²) in [6.45, 7) is 1.85. The van der Waals surface area contributed by atoms with E-state index in [9.17, 15) is 8.42 Å². The van der Waals surface area contributed by atoms with Crippen LogP contribution in [0.4, 0.5) is 0 Å². The molecule has 1 aliphatic carbocycles. The number of aliphatic hydroxyl groups excluding tert-OH is 1. The van der Waals surface area contributed by atoms with Gasteiger partial charge in [0, 0.05) is 18.0 Å². The van der Waals surface area contributed by atoms with E-state index < -0.39 is 10.0 Å². The first kappa shape index (κ1) is 13.0. The zero-order valence-electron chi connectivity index (χ0n) is 9.96. The lowest BCUT2D eigenvalue weighted by atomic mass is 10.2. The fourth-order valence-corrected chi connectivity index (χ4v) is 4.64. The molecule has 0 saturated heterocycles. The summed E-state index contributed by atoms with van der Waals surface area (Å²) >= 11 is 1.14. The molecule has 1 fully saturated rings. The number of rotatable bonds is 5. The van der Waals surface area contributed by atoms with Gasteiger partial charge in [0.15, 0.2) is 0 Å². The summed E-state index contributed by atoms with van der Waals surface area (Å²) in [6.07, 6.45) is 2.24. The number of nitrogens with zero attached hydrogens (tertiary/aromatic N) is 1. The predicted octanol–water partition coefficient (Wildman–Crippen LogP) is 1.66. The molecule has 1 aliphatic rings. The molecule has 0 bridgehead atoms. The van der Waals surface area contributed by atoms with Gasteiger partial charge in [0.05, 0.1) is 6.61 Å². The Hall–Kier alpha value is -0.430. The molecule has 6 heteroatoms. The third-order valence-corrected chi connectivity index (χ3v) is 6.79. The minimum Gasteiger partial charge on any atom is -0.391 e. The second-order valence-electron chi connectivity index (χ2n) is 4.48. The van der Waals surface area contributed by atoms with Crippen molar-refractivity contribution in [2.75, 3.05) is 7.05 Å². The second kappa shape index (κ2) is 4.68. The van der Waals surface area contributed by atoms with Gasteiger partial charge in [-0.25, -0.2) is 8.42 Å². The maximum atomic E-state index is 12.3. The summed E-state index contributed by atoms with van der Waals surface area (Å²) in [6, 6.07) is 3.29. The molecule has 1 heterocycles. The van der Waals surface area contributed by atoms with E-state index in [0.717, 1.165) is 24.2 Å². The highest BCUT2D eigenvalue weighted by atomic mass is 32.2. The topological polar surface area (TPSA) is 57.6 Å². The van der Waals surface area contributed by atoms with Crippen LogP contribution >= 0.6 is 11.3 Å². The molecule has 1 unspecified atom stereocenters. The first-order valence-corrected chi connectivity index (χ1v) is 7.90. The molecule has 4 nitrogen and oxygen atoms in total. The summed E-state index contributed by atoms with van der Waals surface area (Å²) in [5.41, 5.74) is 0. The maximum absolute atomic E-state index is 12.3. The van der Waals surface area contributed by atoms with Gasteiger partial charge in [0.1, 0.15) is 4.21 Å². The van der Waals surface area contributed by atoms with Crippen LogP contribution in [0.2, 0.25) is 0 Å². The van der Waals surface area contributed by atoms with Crippen molar-refractivity contribution < 1.29 is 13.5 Å². The van der Waals surface area contributed by atoms with Crippen LogP contribution in [0.15, 0.2) is 16.3 Å². The molecule has 0 amide bonds. The van der Waals surface area contributed by atoms with Crippen molar-refractivity contribution in [3.05, 3.63) is 17.0 Å². The lowest BCUT2D eigenvalue weighted by Gasteiger charge is -2.23. The molecular formula is C11H17NO3S2. The molecule has 1 N–H and O–H groups in total. The van der Waals surface area contributed by atoms with Gasteiger partial charge in [0.2, 0.25) is 0 Å². The van der Waals surface area contributed by atoms with Gasteiger partial charge in [-0.2, -0.15) is 4.31 Å². The van der Waals surface area contributed by atoms with E-state index in [1.54, 1.807) is 19.2 Å². The Morgan fingerprint density at radius 3 is 2.65 bits per heavy atom. The molecule has 1 atom stereocenters. The van der Waals surface area contributed by atoms with Crippen LogP contribution in [0.1, 0.15) is 24.6 Å². The molecule has 1 aromatic heterocycles. The third-order valence-electron chi connectivity index (χ3n) is 3.30. The van der Waals surface area contributed by atoms with Gasteiger partial charge in [-0.1, -0.05) is 0 Å². The number of thiophene rings is 1. The number of sulfonamides is 1. The normalized spacial score (nSPS) is 18.6. The van der Waals surface area contributed by atoms with Gasteiger partial charge < -0.3 is 5.11 Å². The van der Waals surface area contributed by atoms with Crippen molar-refractivity contribution in [2.24, 2.45) is 5.92 Å². The van der Waals surface area contributed by atoms with Crippen molar-refractivity contribution in [1.29, 1.82) is 0 Å². The van der Waals surface area contributed by atoms with Crippen LogP contribution in [0.5, 0.6) is 0 Å². The predicted molar refractivity (Wildman–Crippen MR) is 67.4 cm³/mol. The van der Waals surface area contributed by atoms with Crippen LogP contribution in [0.25, 0.3) is 0 Å². The summed E-state index contributed by atoms with van der Waals surface area (Å²) in [4.78, 5) is 0.677. The molecule has 1 aromatic rings. The van der Waals surface area contributed by atoms with Crippen LogP contribution in [0.3, 0.4) is 0 Å². The molecule has 0 spiro atoms. The highest BCUT2D eigenvalue weighted by Crippen LogP contribution is 2.37. The molecule has 0 aromatic carbocycles. The van der Waals surface area contributed by atoms with Crippen molar-refractivity contribution >= 4 is 21.4 Å². The molecule has 0 aliphatic heterocycles. The summed E-state index contributed by atoms with van der Waals surface area (Å²) in [5.74, 6) is 0.507. The van der Waals surface area contributed by atoms with E-state index in [0.29, 0.717) is 15.0 Å². The SMILES string of the molecule is CC(C1CC1)N(C)S(=O)(=O)c1ccc(CO)s1. The van der Waals surface area contributed by atoms with Crippen LogP contribution in [-0.2, 0) is 16.6 Å². The smallest absolute Gasteiger partial charge is 0.252 e. The van der Waals surface area contributed by atoms with Crippen molar-refractivity contribution in [2.45, 2.75) is 36.6 Å². The Labute approximate surface area is 106 Å². The minimum absolute atomic E-state index is 0.0553. The van der Waals surface area contributed by atoms with Crippen molar-refractivity contribution in [3.63, 3.8) is 0 Å². The number of hydrogen-bond acceptors (Lipinski definition) is 4. The highest BCUT2D eigenvalue weighted by Gasteiger charge is 2.36. The van der Waals surface area contributed by atoms with E-state index in [-0.39, 0.29) is 12.6 Å². The first-order valence-electron chi connectivity index (χ1n) is 5.64. The first-order chi connectivity index (χ1) is 7.96. The highest BCUT2D eigenvalue weighted by molar-refractivity contribution is 7.91. The van der Waals surface area contributed by atoms with E-state index in [1.165, 1.54) is 4.31 Å². The molecule has 2 rings (SSSR count). The standard InChI is InChI=1S/C11H17NO3S2/c1-8(9-3-4-9)12(2)17(14,15)11-6-5-10(7-13)16-11/h5-6,8-9,13H,3-4,7H2,1-2H3. The van der Waals surface area contributed by atoms with Crippen molar-refractivity contribution in [3.8, 4) is 0 Å². The third kappa shape index (κ3) is 2.54.